The highest BCUT2D eigenvalue weighted by Gasteiger charge is 2.17. The number of hydrogen-bond acceptors (Lipinski definition) is 6. The fraction of sp³-hybridized carbons (Fsp3) is 0.500. The van der Waals surface area contributed by atoms with Gasteiger partial charge in [-0.1, -0.05) is 0 Å². The van der Waals surface area contributed by atoms with Gasteiger partial charge in [0.15, 0.2) is 11.5 Å². The Kier molecular flexibility index (Phi) is 3.99. The van der Waals surface area contributed by atoms with Gasteiger partial charge in [-0.25, -0.2) is 9.78 Å². The van der Waals surface area contributed by atoms with Crippen molar-refractivity contribution in [3.05, 3.63) is 17.8 Å². The van der Waals surface area contributed by atoms with Gasteiger partial charge in [-0.05, 0) is 18.6 Å². The smallest absolute Gasteiger partial charge is 0.356 e. The SMILES string of the molecule is COC(=O)c1ccc(N)c(N2CCCOCC2)n1. The third-order valence-corrected chi connectivity index (χ3v) is 2.82. The number of anilines is 2. The predicted molar refractivity (Wildman–Crippen MR) is 67.6 cm³/mol. The van der Waals surface area contributed by atoms with Gasteiger partial charge in [0.1, 0.15) is 0 Å². The normalized spacial score (nSPS) is 16.2. The zero-order valence-corrected chi connectivity index (χ0v) is 10.4. The van der Waals surface area contributed by atoms with Crippen molar-refractivity contribution in [2.24, 2.45) is 0 Å². The number of rotatable bonds is 2. The number of esters is 1. The minimum atomic E-state index is -0.456. The van der Waals surface area contributed by atoms with Gasteiger partial charge in [0.25, 0.3) is 0 Å². The van der Waals surface area contributed by atoms with Gasteiger partial charge in [0.2, 0.25) is 0 Å². The van der Waals surface area contributed by atoms with Crippen LogP contribution in [-0.4, -0.2) is 44.4 Å². The number of carbonyl (C=O) groups excluding carboxylic acids is 1. The molecular formula is C12H17N3O3. The number of hydrogen-bond donors (Lipinski definition) is 1. The van der Waals surface area contributed by atoms with Crippen LogP contribution in [0.25, 0.3) is 0 Å². The summed E-state index contributed by atoms with van der Waals surface area (Å²) in [6, 6.07) is 3.25. The van der Waals surface area contributed by atoms with E-state index in [-0.39, 0.29) is 5.69 Å². The van der Waals surface area contributed by atoms with Crippen molar-refractivity contribution in [3.63, 3.8) is 0 Å². The molecule has 1 saturated heterocycles. The first-order valence-electron chi connectivity index (χ1n) is 5.90. The number of aromatic nitrogens is 1. The molecule has 0 aliphatic carbocycles. The summed E-state index contributed by atoms with van der Waals surface area (Å²) in [7, 11) is 1.33. The minimum Gasteiger partial charge on any atom is -0.464 e. The Morgan fingerprint density at radius 2 is 2.28 bits per heavy atom. The summed E-state index contributed by atoms with van der Waals surface area (Å²) in [6.07, 6.45) is 0.920. The molecular weight excluding hydrogens is 234 g/mol. The molecule has 1 aromatic rings. The van der Waals surface area contributed by atoms with Gasteiger partial charge in [-0.2, -0.15) is 0 Å². The zero-order chi connectivity index (χ0) is 13.0. The Labute approximate surface area is 106 Å². The maximum atomic E-state index is 11.5. The summed E-state index contributed by atoms with van der Waals surface area (Å²) in [5.41, 5.74) is 6.75. The second-order valence-corrected chi connectivity index (χ2v) is 4.05. The third-order valence-electron chi connectivity index (χ3n) is 2.82. The molecule has 1 aliphatic rings. The average Bonchev–Trinajstić information content (AvgIpc) is 2.67. The number of carbonyl (C=O) groups is 1. The topological polar surface area (TPSA) is 77.7 Å². The lowest BCUT2D eigenvalue weighted by Crippen LogP contribution is -2.28. The van der Waals surface area contributed by atoms with Gasteiger partial charge >= 0.3 is 5.97 Å². The van der Waals surface area contributed by atoms with Crippen LogP contribution in [0.1, 0.15) is 16.9 Å². The summed E-state index contributed by atoms with van der Waals surface area (Å²) in [5, 5.41) is 0. The number of nitrogen functional groups attached to an aromatic ring is 1. The lowest BCUT2D eigenvalue weighted by molar-refractivity contribution is 0.0594. The van der Waals surface area contributed by atoms with E-state index in [2.05, 4.69) is 9.72 Å². The van der Waals surface area contributed by atoms with Crippen molar-refractivity contribution >= 4 is 17.5 Å². The quantitative estimate of drug-likeness (QED) is 0.779. The van der Waals surface area contributed by atoms with Crippen LogP contribution in [0.2, 0.25) is 0 Å². The summed E-state index contributed by atoms with van der Waals surface area (Å²) in [5.74, 6) is 0.172. The number of ether oxygens (including phenoxy) is 2. The van der Waals surface area contributed by atoms with Gasteiger partial charge in [-0.3, -0.25) is 0 Å². The highest BCUT2D eigenvalue weighted by Crippen LogP contribution is 2.22. The molecule has 0 saturated carbocycles. The Hall–Kier alpha value is -1.82. The van der Waals surface area contributed by atoms with Crippen molar-refractivity contribution in [2.75, 3.05) is 44.0 Å². The van der Waals surface area contributed by atoms with E-state index in [1.54, 1.807) is 12.1 Å². The van der Waals surface area contributed by atoms with Crippen molar-refractivity contribution < 1.29 is 14.3 Å². The molecule has 1 aromatic heterocycles. The van der Waals surface area contributed by atoms with Crippen LogP contribution in [-0.2, 0) is 9.47 Å². The molecule has 98 valence electrons. The van der Waals surface area contributed by atoms with E-state index in [0.29, 0.717) is 18.1 Å². The number of pyridine rings is 1. The fourth-order valence-corrected chi connectivity index (χ4v) is 1.89. The van der Waals surface area contributed by atoms with Crippen LogP contribution >= 0.6 is 0 Å². The summed E-state index contributed by atoms with van der Waals surface area (Å²) in [4.78, 5) is 17.8. The molecule has 0 radical (unpaired) electrons. The molecule has 2 rings (SSSR count). The Morgan fingerprint density at radius 1 is 1.44 bits per heavy atom. The molecule has 0 unspecified atom stereocenters. The summed E-state index contributed by atoms with van der Waals surface area (Å²) in [6.45, 7) is 2.93. The monoisotopic (exact) mass is 251 g/mol. The number of methoxy groups -OCH3 is 1. The average molecular weight is 251 g/mol. The third kappa shape index (κ3) is 2.70. The molecule has 0 atom stereocenters. The lowest BCUT2D eigenvalue weighted by Gasteiger charge is -2.22. The van der Waals surface area contributed by atoms with Crippen LogP contribution < -0.4 is 10.6 Å². The van der Waals surface area contributed by atoms with Gasteiger partial charge in [-0.15, -0.1) is 0 Å². The van der Waals surface area contributed by atoms with E-state index in [0.717, 1.165) is 26.1 Å². The minimum absolute atomic E-state index is 0.270. The van der Waals surface area contributed by atoms with Crippen molar-refractivity contribution in [1.29, 1.82) is 0 Å². The van der Waals surface area contributed by atoms with Crippen molar-refractivity contribution in [1.82, 2.24) is 4.98 Å². The van der Waals surface area contributed by atoms with E-state index in [4.69, 9.17) is 10.5 Å². The van der Waals surface area contributed by atoms with Gasteiger partial charge in [0, 0.05) is 19.7 Å². The first kappa shape index (κ1) is 12.6. The van der Waals surface area contributed by atoms with Gasteiger partial charge < -0.3 is 20.1 Å². The molecule has 6 heteroatoms. The lowest BCUT2D eigenvalue weighted by atomic mass is 10.3. The van der Waals surface area contributed by atoms with Crippen LogP contribution in [0.15, 0.2) is 12.1 Å². The van der Waals surface area contributed by atoms with Crippen LogP contribution in [0.5, 0.6) is 0 Å². The van der Waals surface area contributed by atoms with Crippen LogP contribution in [0, 0.1) is 0 Å². The van der Waals surface area contributed by atoms with Crippen LogP contribution in [0.4, 0.5) is 11.5 Å². The van der Waals surface area contributed by atoms with E-state index in [9.17, 15) is 4.79 Å². The molecule has 0 amide bonds. The van der Waals surface area contributed by atoms with E-state index < -0.39 is 5.97 Å². The van der Waals surface area contributed by atoms with E-state index in [1.165, 1.54) is 7.11 Å². The Bertz CT molecular complexity index is 429. The molecule has 1 fully saturated rings. The first-order valence-corrected chi connectivity index (χ1v) is 5.90. The highest BCUT2D eigenvalue weighted by molar-refractivity contribution is 5.88. The fourth-order valence-electron chi connectivity index (χ4n) is 1.89. The first-order chi connectivity index (χ1) is 8.72. The maximum Gasteiger partial charge on any atom is 0.356 e. The molecule has 0 aromatic carbocycles. The largest absolute Gasteiger partial charge is 0.464 e. The predicted octanol–water partition coefficient (Wildman–Crippen LogP) is 0.677. The maximum absolute atomic E-state index is 11.5. The molecule has 1 aliphatic heterocycles. The summed E-state index contributed by atoms with van der Waals surface area (Å²) >= 11 is 0. The van der Waals surface area contributed by atoms with Crippen molar-refractivity contribution in [2.45, 2.75) is 6.42 Å². The van der Waals surface area contributed by atoms with Gasteiger partial charge in [0.05, 0.1) is 19.4 Å². The molecule has 0 spiro atoms. The van der Waals surface area contributed by atoms with Crippen LogP contribution in [0.3, 0.4) is 0 Å². The molecule has 18 heavy (non-hydrogen) atoms. The second-order valence-electron chi connectivity index (χ2n) is 4.05. The molecule has 6 nitrogen and oxygen atoms in total. The number of nitrogens with zero attached hydrogens (tertiary/aromatic N) is 2. The van der Waals surface area contributed by atoms with E-state index in [1.807, 2.05) is 4.90 Å². The van der Waals surface area contributed by atoms with Crippen molar-refractivity contribution in [3.8, 4) is 0 Å². The Morgan fingerprint density at radius 3 is 3.06 bits per heavy atom. The molecule has 0 bridgehead atoms. The highest BCUT2D eigenvalue weighted by atomic mass is 16.5. The second kappa shape index (κ2) is 5.68. The standard InChI is InChI=1S/C12H17N3O3/c1-17-12(16)10-4-3-9(13)11(14-10)15-5-2-7-18-8-6-15/h3-4H,2,5-8,13H2,1H3. The Balaban J connectivity index is 2.27. The number of nitrogens with two attached hydrogens (primary N) is 1. The van der Waals surface area contributed by atoms with E-state index >= 15 is 0 Å². The molecule has 2 heterocycles. The zero-order valence-electron chi connectivity index (χ0n) is 10.4. The molecule has 2 N–H and O–H groups in total. The summed E-state index contributed by atoms with van der Waals surface area (Å²) < 4.78 is 10.0.